The minimum atomic E-state index is 0.385. The molecule has 1 radical (unpaired) electrons. The molecular formula is C6H8NO2. The van der Waals surface area contributed by atoms with Crippen LogP contribution in [-0.2, 0) is 9.53 Å². The first-order chi connectivity index (χ1) is 4.43. The molecule has 2 rings (SSSR count). The zero-order valence-corrected chi connectivity index (χ0v) is 4.96. The second kappa shape index (κ2) is 1.70. The first-order valence-electron chi connectivity index (χ1n) is 3.14. The molecule has 1 aliphatic carbocycles. The van der Waals surface area contributed by atoms with Crippen LogP contribution in [0.1, 0.15) is 0 Å². The third kappa shape index (κ3) is 0.645. The van der Waals surface area contributed by atoms with E-state index >= 15 is 0 Å². The molecule has 0 bridgehead atoms. The summed E-state index contributed by atoms with van der Waals surface area (Å²) < 4.78 is 5.11. The smallest absolute Gasteiger partial charge is 0.309 e. The fourth-order valence-electron chi connectivity index (χ4n) is 1.52. The molecule has 2 aliphatic rings. The van der Waals surface area contributed by atoms with Crippen molar-refractivity contribution in [3.05, 3.63) is 0 Å². The van der Waals surface area contributed by atoms with Crippen molar-refractivity contribution in [1.82, 2.24) is 5.32 Å². The lowest BCUT2D eigenvalue weighted by molar-refractivity contribution is 0.158. The summed E-state index contributed by atoms with van der Waals surface area (Å²) in [6, 6.07) is 0.385. The number of fused-ring (bicyclic) bond motifs is 1. The van der Waals surface area contributed by atoms with Gasteiger partial charge in [-0.3, -0.25) is 4.79 Å². The van der Waals surface area contributed by atoms with Gasteiger partial charge in [0.05, 0.1) is 13.2 Å². The van der Waals surface area contributed by atoms with E-state index in [4.69, 9.17) is 4.74 Å². The summed E-state index contributed by atoms with van der Waals surface area (Å²) in [7, 11) is 0. The van der Waals surface area contributed by atoms with Gasteiger partial charge in [-0.15, -0.1) is 0 Å². The average Bonchev–Trinajstić information content (AvgIpc) is 2.39. The standard InChI is InChI=1S/C6H8NO2/c8-3-7-6-4-1-9-2-5(4)6/h4-6H,1-2H2,(H,7,8)/t4-,5+,6+. The molecule has 49 valence electrons. The van der Waals surface area contributed by atoms with Crippen molar-refractivity contribution in [2.45, 2.75) is 6.04 Å². The Labute approximate surface area is 53.4 Å². The Hall–Kier alpha value is -0.570. The lowest BCUT2D eigenvalue weighted by atomic mass is 10.4. The minimum Gasteiger partial charge on any atom is -0.381 e. The van der Waals surface area contributed by atoms with Gasteiger partial charge in [0, 0.05) is 17.9 Å². The van der Waals surface area contributed by atoms with E-state index in [1.807, 2.05) is 0 Å². The normalized spacial score (nSPS) is 46.0. The molecule has 3 atom stereocenters. The van der Waals surface area contributed by atoms with Crippen LogP contribution in [-0.4, -0.2) is 25.7 Å². The molecule has 3 heteroatoms. The number of rotatable bonds is 2. The monoisotopic (exact) mass is 126 g/mol. The summed E-state index contributed by atoms with van der Waals surface area (Å²) in [5.41, 5.74) is 0. The maximum absolute atomic E-state index is 9.81. The summed E-state index contributed by atoms with van der Waals surface area (Å²) in [5, 5.41) is 2.64. The molecule has 2 fully saturated rings. The molecule has 1 aliphatic heterocycles. The maximum atomic E-state index is 9.81. The van der Waals surface area contributed by atoms with Gasteiger partial charge < -0.3 is 10.1 Å². The van der Waals surface area contributed by atoms with Crippen LogP contribution in [0.25, 0.3) is 0 Å². The van der Waals surface area contributed by atoms with E-state index in [-0.39, 0.29) is 0 Å². The Morgan fingerprint density at radius 1 is 1.44 bits per heavy atom. The molecule has 1 heterocycles. The first kappa shape index (κ1) is 5.23. The highest BCUT2D eigenvalue weighted by Crippen LogP contribution is 2.43. The van der Waals surface area contributed by atoms with Crippen LogP contribution in [0.5, 0.6) is 0 Å². The van der Waals surface area contributed by atoms with Gasteiger partial charge in [0.15, 0.2) is 0 Å². The lowest BCUT2D eigenvalue weighted by Gasteiger charge is -1.99. The predicted molar refractivity (Wildman–Crippen MR) is 30.4 cm³/mol. The van der Waals surface area contributed by atoms with E-state index in [1.165, 1.54) is 0 Å². The van der Waals surface area contributed by atoms with Crippen LogP contribution in [0.4, 0.5) is 0 Å². The average molecular weight is 126 g/mol. The molecule has 0 spiro atoms. The van der Waals surface area contributed by atoms with E-state index in [9.17, 15) is 4.79 Å². The predicted octanol–water partition coefficient (Wildman–Crippen LogP) is -0.712. The summed E-state index contributed by atoms with van der Waals surface area (Å²) in [6.45, 7) is 1.65. The van der Waals surface area contributed by atoms with Gasteiger partial charge in [-0.05, 0) is 0 Å². The van der Waals surface area contributed by atoms with Crippen molar-refractivity contribution in [2.75, 3.05) is 13.2 Å². The van der Waals surface area contributed by atoms with Crippen LogP contribution >= 0.6 is 0 Å². The number of hydrogen-bond donors (Lipinski definition) is 1. The van der Waals surface area contributed by atoms with Crippen LogP contribution in [0.15, 0.2) is 0 Å². The molecular weight excluding hydrogens is 118 g/mol. The Bertz CT molecular complexity index is 127. The molecule has 1 N–H and O–H groups in total. The van der Waals surface area contributed by atoms with Crippen molar-refractivity contribution in [3.63, 3.8) is 0 Å². The second-order valence-electron chi connectivity index (χ2n) is 2.64. The third-order valence-corrected chi connectivity index (χ3v) is 2.18. The number of carbonyl (C=O) groups excluding carboxylic acids is 1. The van der Waals surface area contributed by atoms with Crippen LogP contribution in [0.3, 0.4) is 0 Å². The van der Waals surface area contributed by atoms with Gasteiger partial charge in [0.1, 0.15) is 0 Å². The highest BCUT2D eigenvalue weighted by molar-refractivity contribution is 5.49. The molecule has 0 unspecified atom stereocenters. The number of hydrogen-bond acceptors (Lipinski definition) is 2. The van der Waals surface area contributed by atoms with Gasteiger partial charge in [0.25, 0.3) is 0 Å². The lowest BCUT2D eigenvalue weighted by Crippen LogP contribution is -2.20. The Morgan fingerprint density at radius 3 is 2.67 bits per heavy atom. The fourth-order valence-corrected chi connectivity index (χ4v) is 1.52. The maximum Gasteiger partial charge on any atom is 0.309 e. The van der Waals surface area contributed by atoms with Gasteiger partial charge >= 0.3 is 6.41 Å². The molecule has 0 aromatic heterocycles. The van der Waals surface area contributed by atoms with Crippen molar-refractivity contribution >= 4 is 6.41 Å². The largest absolute Gasteiger partial charge is 0.381 e. The highest BCUT2D eigenvalue weighted by Gasteiger charge is 2.54. The third-order valence-electron chi connectivity index (χ3n) is 2.18. The zero-order chi connectivity index (χ0) is 6.27. The molecule has 1 amide bonds. The van der Waals surface area contributed by atoms with Gasteiger partial charge in [-0.25, -0.2) is 0 Å². The topological polar surface area (TPSA) is 38.3 Å². The molecule has 0 aromatic rings. The molecule has 0 aromatic carbocycles. The Kier molecular flexibility index (Phi) is 0.990. The van der Waals surface area contributed by atoms with Gasteiger partial charge in [-0.2, -0.15) is 0 Å². The molecule has 3 nitrogen and oxygen atoms in total. The van der Waals surface area contributed by atoms with Crippen molar-refractivity contribution in [2.24, 2.45) is 11.8 Å². The quantitative estimate of drug-likeness (QED) is 0.496. The molecule has 1 saturated heterocycles. The zero-order valence-electron chi connectivity index (χ0n) is 4.96. The summed E-state index contributed by atoms with van der Waals surface area (Å²) >= 11 is 0. The van der Waals surface area contributed by atoms with Crippen molar-refractivity contribution in [1.29, 1.82) is 0 Å². The number of amides is 1. The SMILES string of the molecule is O=[C]N[C@H]1[C@@H]2COC[C@@H]21. The van der Waals surface area contributed by atoms with Gasteiger partial charge in [0.2, 0.25) is 0 Å². The minimum absolute atomic E-state index is 0.385. The molecule has 1 saturated carbocycles. The number of nitrogens with one attached hydrogen (secondary N) is 1. The fraction of sp³-hybridized carbons (Fsp3) is 0.833. The van der Waals surface area contributed by atoms with Crippen molar-refractivity contribution in [3.8, 4) is 0 Å². The van der Waals surface area contributed by atoms with E-state index in [0.717, 1.165) is 13.2 Å². The van der Waals surface area contributed by atoms with Crippen LogP contribution in [0, 0.1) is 11.8 Å². The summed E-state index contributed by atoms with van der Waals surface area (Å²) in [5.74, 6) is 1.21. The highest BCUT2D eigenvalue weighted by atomic mass is 16.5. The first-order valence-corrected chi connectivity index (χ1v) is 3.14. The van der Waals surface area contributed by atoms with E-state index < -0.39 is 0 Å². The summed E-state index contributed by atoms with van der Waals surface area (Å²) in [4.78, 5) is 9.81. The van der Waals surface area contributed by atoms with E-state index in [0.29, 0.717) is 17.9 Å². The van der Waals surface area contributed by atoms with E-state index in [1.54, 1.807) is 6.41 Å². The Balaban J connectivity index is 1.87. The van der Waals surface area contributed by atoms with Gasteiger partial charge in [-0.1, -0.05) is 0 Å². The second-order valence-corrected chi connectivity index (χ2v) is 2.64. The van der Waals surface area contributed by atoms with Crippen molar-refractivity contribution < 1.29 is 9.53 Å². The van der Waals surface area contributed by atoms with Crippen LogP contribution in [0.2, 0.25) is 0 Å². The summed E-state index contributed by atoms with van der Waals surface area (Å²) in [6.07, 6.45) is 1.70. The number of ether oxygens (including phenoxy) is 1. The molecule has 9 heavy (non-hydrogen) atoms. The van der Waals surface area contributed by atoms with E-state index in [2.05, 4.69) is 5.32 Å². The Morgan fingerprint density at radius 2 is 2.11 bits per heavy atom. The van der Waals surface area contributed by atoms with Crippen LogP contribution < -0.4 is 5.32 Å².